The summed E-state index contributed by atoms with van der Waals surface area (Å²) in [7, 11) is 0. The molecule has 0 atom stereocenters. The van der Waals surface area contributed by atoms with Crippen molar-refractivity contribution in [2.45, 2.75) is 16.8 Å². The molecule has 4 heteroatoms. The number of para-hydroxylation sites is 1. The molecule has 0 aliphatic carbocycles. The number of fused-ring (bicyclic) bond motifs is 1. The standard InChI is InChI=1S/C15H13N3S/c1-10-6-7-12(16)14(8-10)19-15-11-4-2-3-5-13(11)17-9-18-15/h2-9H,16H2,1H3. The molecule has 0 radical (unpaired) electrons. The minimum absolute atomic E-state index is 0.776. The van der Waals surface area contributed by atoms with Crippen LogP contribution in [0, 0.1) is 6.92 Å². The third kappa shape index (κ3) is 2.39. The number of aromatic nitrogens is 2. The third-order valence-electron chi connectivity index (χ3n) is 2.88. The Labute approximate surface area is 115 Å². The average Bonchev–Trinajstić information content (AvgIpc) is 2.43. The monoisotopic (exact) mass is 267 g/mol. The predicted molar refractivity (Wildman–Crippen MR) is 79.3 cm³/mol. The quantitative estimate of drug-likeness (QED) is 0.568. The molecule has 0 unspecified atom stereocenters. The highest BCUT2D eigenvalue weighted by Gasteiger charge is 2.07. The Morgan fingerprint density at radius 3 is 2.79 bits per heavy atom. The molecule has 1 aromatic heterocycles. The van der Waals surface area contributed by atoms with E-state index in [1.54, 1.807) is 18.1 Å². The lowest BCUT2D eigenvalue weighted by Crippen LogP contribution is -1.91. The first-order valence-electron chi connectivity index (χ1n) is 5.98. The number of hydrogen-bond donors (Lipinski definition) is 1. The van der Waals surface area contributed by atoms with Crippen LogP contribution in [0.15, 0.2) is 58.7 Å². The number of hydrogen-bond acceptors (Lipinski definition) is 4. The number of nitrogens with two attached hydrogens (primary N) is 1. The Bertz CT molecular complexity index is 735. The van der Waals surface area contributed by atoms with Crippen LogP contribution in [0.25, 0.3) is 10.9 Å². The van der Waals surface area contributed by atoms with Crippen molar-refractivity contribution in [2.24, 2.45) is 0 Å². The first-order chi connectivity index (χ1) is 9.24. The van der Waals surface area contributed by atoms with Crippen LogP contribution in [0.4, 0.5) is 5.69 Å². The van der Waals surface area contributed by atoms with Gasteiger partial charge in [0.05, 0.1) is 5.52 Å². The molecule has 0 aliphatic heterocycles. The Balaban J connectivity index is 2.08. The zero-order valence-corrected chi connectivity index (χ0v) is 11.3. The maximum Gasteiger partial charge on any atom is 0.117 e. The smallest absolute Gasteiger partial charge is 0.117 e. The first kappa shape index (κ1) is 12.0. The van der Waals surface area contributed by atoms with Gasteiger partial charge in [-0.25, -0.2) is 9.97 Å². The van der Waals surface area contributed by atoms with Crippen LogP contribution >= 0.6 is 11.8 Å². The van der Waals surface area contributed by atoms with Gasteiger partial charge in [-0.3, -0.25) is 0 Å². The summed E-state index contributed by atoms with van der Waals surface area (Å²) in [6.07, 6.45) is 1.59. The van der Waals surface area contributed by atoms with E-state index in [4.69, 9.17) is 5.73 Å². The lowest BCUT2D eigenvalue weighted by molar-refractivity contribution is 1.10. The van der Waals surface area contributed by atoms with E-state index in [1.807, 2.05) is 36.4 Å². The van der Waals surface area contributed by atoms with Crippen molar-refractivity contribution in [1.82, 2.24) is 9.97 Å². The summed E-state index contributed by atoms with van der Waals surface area (Å²) in [4.78, 5) is 9.67. The fraction of sp³-hybridized carbons (Fsp3) is 0.0667. The molecule has 0 bridgehead atoms. The van der Waals surface area contributed by atoms with E-state index in [1.165, 1.54) is 5.56 Å². The summed E-state index contributed by atoms with van der Waals surface area (Å²) in [6, 6.07) is 14.0. The second kappa shape index (κ2) is 4.90. The van der Waals surface area contributed by atoms with Crippen molar-refractivity contribution >= 4 is 28.4 Å². The molecule has 0 saturated carbocycles. The Kier molecular flexibility index (Phi) is 3.09. The second-order valence-corrected chi connectivity index (χ2v) is 5.37. The van der Waals surface area contributed by atoms with E-state index in [9.17, 15) is 0 Å². The van der Waals surface area contributed by atoms with Gasteiger partial charge >= 0.3 is 0 Å². The van der Waals surface area contributed by atoms with E-state index in [2.05, 4.69) is 23.0 Å². The van der Waals surface area contributed by atoms with Crippen LogP contribution in [0.3, 0.4) is 0 Å². The van der Waals surface area contributed by atoms with Crippen LogP contribution in [-0.2, 0) is 0 Å². The van der Waals surface area contributed by atoms with E-state index in [-0.39, 0.29) is 0 Å². The summed E-state index contributed by atoms with van der Waals surface area (Å²) in [5, 5.41) is 1.99. The Morgan fingerprint density at radius 1 is 1.05 bits per heavy atom. The van der Waals surface area contributed by atoms with Crippen LogP contribution in [-0.4, -0.2) is 9.97 Å². The number of nitrogen functional groups attached to an aromatic ring is 1. The van der Waals surface area contributed by atoms with Crippen LogP contribution in [0.1, 0.15) is 5.56 Å². The van der Waals surface area contributed by atoms with Gasteiger partial charge in [0.1, 0.15) is 11.4 Å². The van der Waals surface area contributed by atoms with Gasteiger partial charge in [-0.15, -0.1) is 0 Å². The van der Waals surface area contributed by atoms with Crippen molar-refractivity contribution in [3.63, 3.8) is 0 Å². The minimum atomic E-state index is 0.776. The van der Waals surface area contributed by atoms with Gasteiger partial charge in [-0.2, -0.15) is 0 Å². The van der Waals surface area contributed by atoms with Gasteiger partial charge in [0.25, 0.3) is 0 Å². The molecule has 2 aromatic carbocycles. The molecule has 0 aliphatic rings. The zero-order chi connectivity index (χ0) is 13.2. The highest BCUT2D eigenvalue weighted by molar-refractivity contribution is 7.99. The number of aryl methyl sites for hydroxylation is 1. The van der Waals surface area contributed by atoms with Crippen LogP contribution in [0.2, 0.25) is 0 Å². The Morgan fingerprint density at radius 2 is 1.89 bits per heavy atom. The number of nitrogens with zero attached hydrogens (tertiary/aromatic N) is 2. The SMILES string of the molecule is Cc1ccc(N)c(Sc2ncnc3ccccc23)c1. The summed E-state index contributed by atoms with van der Waals surface area (Å²) in [5.74, 6) is 0. The van der Waals surface area contributed by atoms with Gasteiger partial charge < -0.3 is 5.73 Å². The largest absolute Gasteiger partial charge is 0.398 e. The number of benzene rings is 2. The number of anilines is 1. The van der Waals surface area contributed by atoms with E-state index >= 15 is 0 Å². The van der Waals surface area contributed by atoms with Crippen molar-refractivity contribution < 1.29 is 0 Å². The molecule has 94 valence electrons. The van der Waals surface area contributed by atoms with E-state index in [0.29, 0.717) is 0 Å². The van der Waals surface area contributed by atoms with E-state index in [0.717, 1.165) is 26.5 Å². The van der Waals surface area contributed by atoms with Gasteiger partial charge in [0.15, 0.2) is 0 Å². The molecule has 19 heavy (non-hydrogen) atoms. The summed E-state index contributed by atoms with van der Waals surface area (Å²) in [5.41, 5.74) is 8.93. The van der Waals surface area contributed by atoms with Crippen molar-refractivity contribution in [3.8, 4) is 0 Å². The van der Waals surface area contributed by atoms with Gasteiger partial charge in [-0.05, 0) is 30.7 Å². The third-order valence-corrected chi connectivity index (χ3v) is 3.97. The van der Waals surface area contributed by atoms with Crippen molar-refractivity contribution in [2.75, 3.05) is 5.73 Å². The van der Waals surface area contributed by atoms with Crippen LogP contribution in [0.5, 0.6) is 0 Å². The van der Waals surface area contributed by atoms with E-state index < -0.39 is 0 Å². The topological polar surface area (TPSA) is 51.8 Å². The predicted octanol–water partition coefficient (Wildman–Crippen LogP) is 3.67. The molecule has 3 aromatic rings. The molecule has 0 saturated heterocycles. The molecule has 3 nitrogen and oxygen atoms in total. The minimum Gasteiger partial charge on any atom is -0.398 e. The summed E-state index contributed by atoms with van der Waals surface area (Å²) < 4.78 is 0. The molecule has 3 rings (SSSR count). The maximum absolute atomic E-state index is 6.02. The maximum atomic E-state index is 6.02. The number of rotatable bonds is 2. The van der Waals surface area contributed by atoms with Crippen LogP contribution < -0.4 is 5.73 Å². The molecule has 1 heterocycles. The summed E-state index contributed by atoms with van der Waals surface area (Å²) in [6.45, 7) is 2.06. The second-order valence-electron chi connectivity index (χ2n) is 4.34. The zero-order valence-electron chi connectivity index (χ0n) is 10.5. The average molecular weight is 267 g/mol. The van der Waals surface area contributed by atoms with Gasteiger partial charge in [-0.1, -0.05) is 36.0 Å². The highest BCUT2D eigenvalue weighted by Crippen LogP contribution is 2.34. The van der Waals surface area contributed by atoms with Gasteiger partial charge in [0, 0.05) is 16.0 Å². The molecule has 2 N–H and O–H groups in total. The molecule has 0 spiro atoms. The fourth-order valence-corrected chi connectivity index (χ4v) is 2.92. The lowest BCUT2D eigenvalue weighted by Gasteiger charge is -2.07. The Hall–Kier alpha value is -2.07. The first-order valence-corrected chi connectivity index (χ1v) is 6.79. The molecular weight excluding hydrogens is 254 g/mol. The molecule has 0 fully saturated rings. The lowest BCUT2D eigenvalue weighted by atomic mass is 10.2. The highest BCUT2D eigenvalue weighted by atomic mass is 32.2. The normalized spacial score (nSPS) is 10.8. The van der Waals surface area contributed by atoms with Crippen molar-refractivity contribution in [1.29, 1.82) is 0 Å². The fourth-order valence-electron chi connectivity index (χ4n) is 1.90. The van der Waals surface area contributed by atoms with Gasteiger partial charge in [0.2, 0.25) is 0 Å². The summed E-state index contributed by atoms with van der Waals surface area (Å²) >= 11 is 1.58. The van der Waals surface area contributed by atoms with Crippen molar-refractivity contribution in [3.05, 3.63) is 54.4 Å². The molecule has 0 amide bonds. The molecular formula is C15H13N3S.